The van der Waals surface area contributed by atoms with Crippen LogP contribution in [-0.2, 0) is 14.3 Å². The zero-order valence-corrected chi connectivity index (χ0v) is 10.1. The first-order chi connectivity index (χ1) is 8.52. The molecule has 0 saturated carbocycles. The first-order valence-electron chi connectivity index (χ1n) is 5.22. The summed E-state index contributed by atoms with van der Waals surface area (Å²) in [6, 6.07) is 0. The van der Waals surface area contributed by atoms with Crippen molar-refractivity contribution in [2.45, 2.75) is 19.8 Å². The SMILES string of the molecule is COC(=O)CCC(=O)Nc1cnc(C(C)=O)cn1. The highest BCUT2D eigenvalue weighted by atomic mass is 16.5. The Kier molecular flexibility index (Phi) is 4.91. The molecule has 0 fully saturated rings. The van der Waals surface area contributed by atoms with Gasteiger partial charge in [0.05, 0.1) is 25.9 Å². The van der Waals surface area contributed by atoms with Crippen LogP contribution < -0.4 is 5.32 Å². The van der Waals surface area contributed by atoms with E-state index in [0.717, 1.165) is 0 Å². The molecule has 0 radical (unpaired) electrons. The van der Waals surface area contributed by atoms with Crippen LogP contribution in [0.5, 0.6) is 0 Å². The number of carbonyl (C=O) groups excluding carboxylic acids is 3. The first-order valence-corrected chi connectivity index (χ1v) is 5.22. The third kappa shape index (κ3) is 4.28. The fourth-order valence-corrected chi connectivity index (χ4v) is 1.10. The number of methoxy groups -OCH3 is 1. The van der Waals surface area contributed by atoms with Crippen molar-refractivity contribution in [2.75, 3.05) is 12.4 Å². The van der Waals surface area contributed by atoms with E-state index in [1.807, 2.05) is 0 Å². The third-order valence-corrected chi connectivity index (χ3v) is 2.06. The number of amides is 1. The second-order valence-electron chi connectivity index (χ2n) is 3.47. The van der Waals surface area contributed by atoms with Crippen LogP contribution in [-0.4, -0.2) is 34.7 Å². The molecular weight excluding hydrogens is 238 g/mol. The van der Waals surface area contributed by atoms with Crippen LogP contribution in [0.25, 0.3) is 0 Å². The van der Waals surface area contributed by atoms with Crippen LogP contribution in [0, 0.1) is 0 Å². The Morgan fingerprint density at radius 2 is 1.94 bits per heavy atom. The molecule has 1 heterocycles. The van der Waals surface area contributed by atoms with Gasteiger partial charge >= 0.3 is 5.97 Å². The number of ether oxygens (including phenoxy) is 1. The summed E-state index contributed by atoms with van der Waals surface area (Å²) in [5, 5.41) is 2.46. The Hall–Kier alpha value is -2.31. The summed E-state index contributed by atoms with van der Waals surface area (Å²) in [6.45, 7) is 1.37. The Morgan fingerprint density at radius 3 is 2.44 bits per heavy atom. The predicted octanol–water partition coefficient (Wildman–Crippen LogP) is 0.571. The van der Waals surface area contributed by atoms with Gasteiger partial charge in [0.15, 0.2) is 11.6 Å². The number of hydrogen-bond acceptors (Lipinski definition) is 6. The Bertz CT molecular complexity index is 456. The van der Waals surface area contributed by atoms with E-state index >= 15 is 0 Å². The molecule has 7 heteroatoms. The van der Waals surface area contributed by atoms with Crippen molar-refractivity contribution in [3.8, 4) is 0 Å². The zero-order valence-electron chi connectivity index (χ0n) is 10.1. The van der Waals surface area contributed by atoms with Crippen LogP contribution >= 0.6 is 0 Å². The molecule has 18 heavy (non-hydrogen) atoms. The predicted molar refractivity (Wildman–Crippen MR) is 61.9 cm³/mol. The number of nitrogens with zero attached hydrogens (tertiary/aromatic N) is 2. The largest absolute Gasteiger partial charge is 0.469 e. The number of aromatic nitrogens is 2. The van der Waals surface area contributed by atoms with Gasteiger partial charge in [0, 0.05) is 13.3 Å². The topological polar surface area (TPSA) is 98.3 Å². The number of hydrogen-bond donors (Lipinski definition) is 1. The molecule has 0 aliphatic rings. The normalized spacial score (nSPS) is 9.67. The number of ketones is 1. The summed E-state index contributed by atoms with van der Waals surface area (Å²) in [4.78, 5) is 40.8. The van der Waals surface area contributed by atoms with Gasteiger partial charge in [-0.1, -0.05) is 0 Å². The lowest BCUT2D eigenvalue weighted by Gasteiger charge is -2.03. The molecule has 1 N–H and O–H groups in total. The molecule has 0 bridgehead atoms. The fourth-order valence-electron chi connectivity index (χ4n) is 1.10. The second kappa shape index (κ2) is 6.43. The van der Waals surface area contributed by atoms with Crippen molar-refractivity contribution < 1.29 is 19.1 Å². The molecule has 1 aromatic heterocycles. The Morgan fingerprint density at radius 1 is 1.22 bits per heavy atom. The zero-order chi connectivity index (χ0) is 13.5. The van der Waals surface area contributed by atoms with E-state index in [4.69, 9.17) is 0 Å². The van der Waals surface area contributed by atoms with E-state index in [1.165, 1.54) is 26.4 Å². The molecule has 0 aliphatic carbocycles. The standard InChI is InChI=1S/C11H13N3O4/c1-7(15)8-5-13-9(6-12-8)14-10(16)3-4-11(17)18-2/h5-6H,3-4H2,1-2H3,(H,13,14,16). The maximum absolute atomic E-state index is 11.4. The van der Waals surface area contributed by atoms with E-state index in [-0.39, 0.29) is 36.0 Å². The van der Waals surface area contributed by atoms with Gasteiger partial charge in [-0.2, -0.15) is 0 Å². The highest BCUT2D eigenvalue weighted by molar-refractivity contribution is 5.93. The lowest BCUT2D eigenvalue weighted by atomic mass is 10.3. The molecule has 0 saturated heterocycles. The fraction of sp³-hybridized carbons (Fsp3) is 0.364. The average molecular weight is 251 g/mol. The summed E-state index contributed by atoms with van der Waals surface area (Å²) in [6.07, 6.45) is 2.56. The molecular formula is C11H13N3O4. The molecule has 96 valence electrons. The number of anilines is 1. The minimum atomic E-state index is -0.455. The van der Waals surface area contributed by atoms with Gasteiger partial charge in [0.25, 0.3) is 0 Å². The molecule has 0 aromatic carbocycles. The summed E-state index contributed by atoms with van der Waals surface area (Å²) < 4.78 is 4.41. The van der Waals surface area contributed by atoms with Crippen LogP contribution in [0.1, 0.15) is 30.3 Å². The number of carbonyl (C=O) groups is 3. The van der Waals surface area contributed by atoms with Gasteiger partial charge in [0.1, 0.15) is 5.69 Å². The molecule has 1 aromatic rings. The molecule has 0 unspecified atom stereocenters. The van der Waals surface area contributed by atoms with Gasteiger partial charge in [-0.05, 0) is 0 Å². The monoisotopic (exact) mass is 251 g/mol. The number of nitrogens with one attached hydrogen (secondary N) is 1. The van der Waals surface area contributed by atoms with Gasteiger partial charge < -0.3 is 10.1 Å². The Labute approximate surface area is 104 Å². The van der Waals surface area contributed by atoms with Gasteiger partial charge in [-0.15, -0.1) is 0 Å². The lowest BCUT2D eigenvalue weighted by molar-refractivity contribution is -0.141. The van der Waals surface area contributed by atoms with Crippen molar-refractivity contribution in [1.82, 2.24) is 9.97 Å². The Balaban J connectivity index is 2.49. The highest BCUT2D eigenvalue weighted by Gasteiger charge is 2.08. The van der Waals surface area contributed by atoms with Crippen molar-refractivity contribution in [1.29, 1.82) is 0 Å². The first kappa shape index (κ1) is 13.8. The molecule has 1 rings (SSSR count). The lowest BCUT2D eigenvalue weighted by Crippen LogP contribution is -2.15. The molecule has 0 spiro atoms. The maximum Gasteiger partial charge on any atom is 0.306 e. The van der Waals surface area contributed by atoms with Crippen LogP contribution in [0.15, 0.2) is 12.4 Å². The van der Waals surface area contributed by atoms with Crippen LogP contribution in [0.4, 0.5) is 5.82 Å². The number of rotatable bonds is 5. The number of Topliss-reactive ketones (excluding diaryl/α,β-unsaturated/α-hetero) is 1. The van der Waals surface area contributed by atoms with E-state index in [2.05, 4.69) is 20.0 Å². The minimum absolute atomic E-state index is 0.00128. The molecule has 7 nitrogen and oxygen atoms in total. The molecule has 0 atom stereocenters. The quantitative estimate of drug-likeness (QED) is 0.606. The highest BCUT2D eigenvalue weighted by Crippen LogP contribution is 2.03. The smallest absolute Gasteiger partial charge is 0.306 e. The van der Waals surface area contributed by atoms with E-state index in [1.54, 1.807) is 0 Å². The van der Waals surface area contributed by atoms with Gasteiger partial charge in [0.2, 0.25) is 5.91 Å². The van der Waals surface area contributed by atoms with E-state index in [9.17, 15) is 14.4 Å². The van der Waals surface area contributed by atoms with Crippen LogP contribution in [0.2, 0.25) is 0 Å². The van der Waals surface area contributed by atoms with Crippen molar-refractivity contribution in [2.24, 2.45) is 0 Å². The van der Waals surface area contributed by atoms with Crippen molar-refractivity contribution in [3.05, 3.63) is 18.1 Å². The summed E-state index contributed by atoms with van der Waals surface area (Å²) >= 11 is 0. The molecule has 0 aliphatic heterocycles. The third-order valence-electron chi connectivity index (χ3n) is 2.06. The van der Waals surface area contributed by atoms with Crippen molar-refractivity contribution >= 4 is 23.5 Å². The van der Waals surface area contributed by atoms with Gasteiger partial charge in [-0.25, -0.2) is 9.97 Å². The van der Waals surface area contributed by atoms with E-state index in [0.29, 0.717) is 0 Å². The number of esters is 1. The second-order valence-corrected chi connectivity index (χ2v) is 3.47. The summed E-state index contributed by atoms with van der Waals surface area (Å²) in [5.41, 5.74) is 0.225. The molecule has 1 amide bonds. The minimum Gasteiger partial charge on any atom is -0.469 e. The summed E-state index contributed by atoms with van der Waals surface area (Å²) in [5.74, 6) is -0.797. The summed E-state index contributed by atoms with van der Waals surface area (Å²) in [7, 11) is 1.26. The van der Waals surface area contributed by atoms with Crippen LogP contribution in [0.3, 0.4) is 0 Å². The van der Waals surface area contributed by atoms with Crippen molar-refractivity contribution in [3.63, 3.8) is 0 Å². The average Bonchev–Trinajstić information content (AvgIpc) is 2.36. The maximum atomic E-state index is 11.4. The van der Waals surface area contributed by atoms with E-state index < -0.39 is 5.97 Å². The van der Waals surface area contributed by atoms with Gasteiger partial charge in [-0.3, -0.25) is 14.4 Å².